The van der Waals surface area contributed by atoms with Gasteiger partial charge >= 0.3 is 0 Å². The van der Waals surface area contributed by atoms with Gasteiger partial charge in [0, 0.05) is 18.7 Å². The van der Waals surface area contributed by atoms with Crippen LogP contribution in [0.25, 0.3) is 0 Å². The minimum atomic E-state index is 0.682. The Kier molecular flexibility index (Phi) is 4.21. The molecule has 1 fully saturated rings. The molecule has 3 nitrogen and oxygen atoms in total. The standard InChI is InChI=1S/C12H20N2O/c1-2-4-6-11(7-5-3-1)13-10-12-8-9-15-14-12/h8-9,11,13H,1-7,10H2. The number of hydrogen-bond acceptors (Lipinski definition) is 3. The number of hydrogen-bond donors (Lipinski definition) is 1. The molecule has 1 heterocycles. The van der Waals surface area contributed by atoms with Crippen molar-refractivity contribution < 1.29 is 4.52 Å². The van der Waals surface area contributed by atoms with Gasteiger partial charge in [0.1, 0.15) is 6.26 Å². The van der Waals surface area contributed by atoms with Gasteiger partial charge in [0.2, 0.25) is 0 Å². The van der Waals surface area contributed by atoms with Gasteiger partial charge in [0.25, 0.3) is 0 Å². The molecule has 0 saturated heterocycles. The van der Waals surface area contributed by atoms with E-state index < -0.39 is 0 Å². The second-order valence-corrected chi connectivity index (χ2v) is 4.41. The van der Waals surface area contributed by atoms with E-state index in [0.29, 0.717) is 6.04 Å². The topological polar surface area (TPSA) is 38.1 Å². The second-order valence-electron chi connectivity index (χ2n) is 4.41. The summed E-state index contributed by atoms with van der Waals surface area (Å²) in [6.07, 6.45) is 11.2. The molecular formula is C12H20N2O. The third-order valence-electron chi connectivity index (χ3n) is 3.17. The van der Waals surface area contributed by atoms with Crippen molar-refractivity contribution >= 4 is 0 Å². The van der Waals surface area contributed by atoms with E-state index >= 15 is 0 Å². The molecule has 3 heteroatoms. The lowest BCUT2D eigenvalue weighted by Crippen LogP contribution is -2.29. The molecule has 1 saturated carbocycles. The highest BCUT2D eigenvalue weighted by Gasteiger charge is 2.10. The van der Waals surface area contributed by atoms with Crippen LogP contribution in [0.5, 0.6) is 0 Å². The average Bonchev–Trinajstić information content (AvgIpc) is 2.68. The van der Waals surface area contributed by atoms with Crippen molar-refractivity contribution in [2.45, 2.75) is 57.5 Å². The Bertz CT molecular complexity index is 251. The van der Waals surface area contributed by atoms with Crippen LogP contribution >= 0.6 is 0 Å². The Balaban J connectivity index is 1.72. The van der Waals surface area contributed by atoms with Crippen LogP contribution in [0.2, 0.25) is 0 Å². The molecular weight excluding hydrogens is 188 g/mol. The van der Waals surface area contributed by atoms with Crippen molar-refractivity contribution in [1.29, 1.82) is 0 Å². The van der Waals surface area contributed by atoms with Crippen LogP contribution in [0.15, 0.2) is 16.9 Å². The zero-order chi connectivity index (χ0) is 10.3. The molecule has 1 aliphatic rings. The van der Waals surface area contributed by atoms with Crippen LogP contribution in [0.4, 0.5) is 0 Å². The van der Waals surface area contributed by atoms with Crippen LogP contribution in [-0.2, 0) is 6.54 Å². The highest BCUT2D eigenvalue weighted by Crippen LogP contribution is 2.17. The Labute approximate surface area is 91.2 Å². The van der Waals surface area contributed by atoms with E-state index in [4.69, 9.17) is 4.52 Å². The van der Waals surface area contributed by atoms with Gasteiger partial charge in [0.05, 0.1) is 5.69 Å². The van der Waals surface area contributed by atoms with Crippen molar-refractivity contribution in [3.8, 4) is 0 Å². The predicted molar refractivity (Wildman–Crippen MR) is 59.4 cm³/mol. The first-order valence-electron chi connectivity index (χ1n) is 6.08. The van der Waals surface area contributed by atoms with Gasteiger partial charge in [-0.3, -0.25) is 0 Å². The lowest BCUT2D eigenvalue weighted by Gasteiger charge is -2.20. The molecule has 1 aromatic heterocycles. The molecule has 0 radical (unpaired) electrons. The Morgan fingerprint density at radius 3 is 2.60 bits per heavy atom. The number of aromatic nitrogens is 1. The molecule has 0 aliphatic heterocycles. The summed E-state index contributed by atoms with van der Waals surface area (Å²) in [4.78, 5) is 0. The predicted octanol–water partition coefficient (Wildman–Crippen LogP) is 2.88. The summed E-state index contributed by atoms with van der Waals surface area (Å²) in [5.41, 5.74) is 1.01. The number of nitrogens with one attached hydrogen (secondary N) is 1. The van der Waals surface area contributed by atoms with Crippen molar-refractivity contribution in [3.05, 3.63) is 18.0 Å². The van der Waals surface area contributed by atoms with Gasteiger partial charge < -0.3 is 9.84 Å². The van der Waals surface area contributed by atoms with E-state index in [2.05, 4.69) is 10.5 Å². The minimum absolute atomic E-state index is 0.682. The largest absolute Gasteiger partial charge is 0.364 e. The quantitative estimate of drug-likeness (QED) is 0.830. The zero-order valence-corrected chi connectivity index (χ0v) is 9.24. The van der Waals surface area contributed by atoms with Crippen molar-refractivity contribution in [2.75, 3.05) is 0 Å². The van der Waals surface area contributed by atoms with E-state index in [1.54, 1.807) is 6.26 Å². The SMILES string of the molecule is c1cc(CNC2CCCCCCC2)no1. The molecule has 0 amide bonds. The van der Waals surface area contributed by atoms with Gasteiger partial charge in [-0.1, -0.05) is 37.3 Å². The van der Waals surface area contributed by atoms with Gasteiger partial charge in [0.15, 0.2) is 0 Å². The zero-order valence-electron chi connectivity index (χ0n) is 9.24. The molecule has 84 valence electrons. The molecule has 0 bridgehead atoms. The summed E-state index contributed by atoms with van der Waals surface area (Å²) < 4.78 is 4.81. The maximum absolute atomic E-state index is 4.81. The maximum Gasteiger partial charge on any atom is 0.124 e. The first-order valence-corrected chi connectivity index (χ1v) is 6.08. The fraction of sp³-hybridized carbons (Fsp3) is 0.750. The van der Waals surface area contributed by atoms with E-state index in [0.717, 1.165) is 12.2 Å². The third-order valence-corrected chi connectivity index (χ3v) is 3.17. The molecule has 0 spiro atoms. The van der Waals surface area contributed by atoms with Gasteiger partial charge in [-0.2, -0.15) is 0 Å². The lowest BCUT2D eigenvalue weighted by atomic mass is 9.97. The first kappa shape index (κ1) is 10.7. The van der Waals surface area contributed by atoms with Crippen LogP contribution in [0.1, 0.15) is 50.6 Å². The minimum Gasteiger partial charge on any atom is -0.364 e. The van der Waals surface area contributed by atoms with E-state index in [1.165, 1.54) is 44.9 Å². The van der Waals surface area contributed by atoms with Crippen molar-refractivity contribution in [2.24, 2.45) is 0 Å². The maximum atomic E-state index is 4.81. The highest BCUT2D eigenvalue weighted by molar-refractivity contribution is 4.94. The van der Waals surface area contributed by atoms with Crippen LogP contribution in [0.3, 0.4) is 0 Å². The summed E-state index contributed by atoms with van der Waals surface area (Å²) in [6, 6.07) is 2.61. The molecule has 0 unspecified atom stereocenters. The molecule has 1 aliphatic carbocycles. The van der Waals surface area contributed by atoms with Crippen molar-refractivity contribution in [3.63, 3.8) is 0 Å². The van der Waals surface area contributed by atoms with Gasteiger partial charge in [-0.25, -0.2) is 0 Å². The normalized spacial score (nSPS) is 19.7. The fourth-order valence-corrected chi connectivity index (χ4v) is 2.24. The molecule has 0 aromatic carbocycles. The summed E-state index contributed by atoms with van der Waals surface area (Å²) in [5.74, 6) is 0. The van der Waals surface area contributed by atoms with Gasteiger partial charge in [-0.05, 0) is 12.8 Å². The molecule has 1 aromatic rings. The summed E-state index contributed by atoms with van der Waals surface area (Å²) in [5, 5.41) is 7.47. The molecule has 0 atom stereocenters. The first-order chi connectivity index (χ1) is 7.45. The van der Waals surface area contributed by atoms with Gasteiger partial charge in [-0.15, -0.1) is 0 Å². The summed E-state index contributed by atoms with van der Waals surface area (Å²) in [6.45, 7) is 0.848. The fourth-order valence-electron chi connectivity index (χ4n) is 2.24. The van der Waals surface area contributed by atoms with Crippen LogP contribution in [0, 0.1) is 0 Å². The number of rotatable bonds is 3. The molecule has 1 N–H and O–H groups in total. The third kappa shape index (κ3) is 3.67. The van der Waals surface area contributed by atoms with Crippen LogP contribution < -0.4 is 5.32 Å². The smallest absolute Gasteiger partial charge is 0.124 e. The summed E-state index contributed by atoms with van der Waals surface area (Å²) >= 11 is 0. The Hall–Kier alpha value is -0.830. The highest BCUT2D eigenvalue weighted by atomic mass is 16.5. The average molecular weight is 208 g/mol. The lowest BCUT2D eigenvalue weighted by molar-refractivity contribution is 0.374. The Morgan fingerprint density at radius 1 is 1.20 bits per heavy atom. The van der Waals surface area contributed by atoms with E-state index in [9.17, 15) is 0 Å². The van der Waals surface area contributed by atoms with Crippen LogP contribution in [-0.4, -0.2) is 11.2 Å². The summed E-state index contributed by atoms with van der Waals surface area (Å²) in [7, 11) is 0. The monoisotopic (exact) mass is 208 g/mol. The van der Waals surface area contributed by atoms with Crippen molar-refractivity contribution in [1.82, 2.24) is 10.5 Å². The Morgan fingerprint density at radius 2 is 1.93 bits per heavy atom. The van der Waals surface area contributed by atoms with E-state index in [-0.39, 0.29) is 0 Å². The molecule has 2 rings (SSSR count). The number of nitrogens with zero attached hydrogens (tertiary/aromatic N) is 1. The second kappa shape index (κ2) is 5.91. The molecule has 15 heavy (non-hydrogen) atoms. The van der Waals surface area contributed by atoms with E-state index in [1.807, 2.05) is 6.07 Å².